The minimum Gasteiger partial charge on any atom is -0.331 e. The number of benzene rings is 1. The molecule has 6 heteroatoms. The molecule has 0 amide bonds. The minimum absolute atomic E-state index is 0.127. The number of nitrogens with two attached hydrogens (primary N) is 1. The Morgan fingerprint density at radius 1 is 1.27 bits per heavy atom. The van der Waals surface area contributed by atoms with Crippen molar-refractivity contribution >= 4 is 22.0 Å². The number of anilines is 1. The monoisotopic (exact) mass is 225 g/mol. The maximum Gasteiger partial charge on any atom is 0.238 e. The summed E-state index contributed by atoms with van der Waals surface area (Å²) in [6.45, 7) is 1.60. The van der Waals surface area contributed by atoms with E-state index in [1.165, 1.54) is 12.1 Å². The van der Waals surface area contributed by atoms with Crippen molar-refractivity contribution in [2.75, 3.05) is 18.0 Å². The van der Waals surface area contributed by atoms with Crippen LogP contribution in [0.15, 0.2) is 34.2 Å². The van der Waals surface area contributed by atoms with E-state index in [9.17, 15) is 8.42 Å². The van der Waals surface area contributed by atoms with Crippen LogP contribution in [0.4, 0.5) is 5.69 Å². The fourth-order valence-electron chi connectivity index (χ4n) is 1.40. The van der Waals surface area contributed by atoms with Crippen LogP contribution in [0.25, 0.3) is 0 Å². The third-order valence-electron chi connectivity index (χ3n) is 2.19. The van der Waals surface area contributed by atoms with Crippen LogP contribution in [0.1, 0.15) is 0 Å². The maximum absolute atomic E-state index is 11.0. The van der Waals surface area contributed by atoms with Crippen molar-refractivity contribution in [3.63, 3.8) is 0 Å². The lowest BCUT2D eigenvalue weighted by atomic mass is 10.3. The normalized spacial score (nSPS) is 15.9. The number of hydrogen-bond donors (Lipinski definition) is 1. The zero-order valence-electron chi connectivity index (χ0n) is 8.00. The molecule has 0 aromatic heterocycles. The van der Waals surface area contributed by atoms with Crippen molar-refractivity contribution in [3.8, 4) is 0 Å². The van der Waals surface area contributed by atoms with E-state index in [1.807, 2.05) is 4.90 Å². The molecule has 0 saturated carbocycles. The molecule has 0 spiro atoms. The molecular weight excluding hydrogens is 214 g/mol. The molecule has 0 atom stereocenters. The van der Waals surface area contributed by atoms with Gasteiger partial charge in [-0.3, -0.25) is 4.99 Å². The van der Waals surface area contributed by atoms with Crippen LogP contribution in [-0.2, 0) is 10.0 Å². The van der Waals surface area contributed by atoms with Crippen molar-refractivity contribution in [3.05, 3.63) is 24.3 Å². The summed E-state index contributed by atoms with van der Waals surface area (Å²) < 4.78 is 22.0. The number of aliphatic imine (C=N–C) groups is 1. The van der Waals surface area contributed by atoms with Gasteiger partial charge >= 0.3 is 0 Å². The quantitative estimate of drug-likeness (QED) is 0.780. The van der Waals surface area contributed by atoms with Gasteiger partial charge in [0.2, 0.25) is 10.0 Å². The van der Waals surface area contributed by atoms with Gasteiger partial charge in [-0.15, -0.1) is 0 Å². The SMILES string of the molecule is NS(=O)(=O)c1ccc(N2C=NCC2)cc1. The topological polar surface area (TPSA) is 75.8 Å². The maximum atomic E-state index is 11.0. The first-order chi connectivity index (χ1) is 7.07. The van der Waals surface area contributed by atoms with Gasteiger partial charge in [0.25, 0.3) is 0 Å². The predicted molar refractivity (Wildman–Crippen MR) is 58.5 cm³/mol. The lowest BCUT2D eigenvalue weighted by Crippen LogP contribution is -2.18. The van der Waals surface area contributed by atoms with Gasteiger partial charge in [0.05, 0.1) is 17.8 Å². The zero-order valence-corrected chi connectivity index (χ0v) is 8.81. The molecule has 2 N–H and O–H groups in total. The summed E-state index contributed by atoms with van der Waals surface area (Å²) in [5.74, 6) is 0. The van der Waals surface area contributed by atoms with Crippen LogP contribution in [0.5, 0.6) is 0 Å². The summed E-state index contributed by atoms with van der Waals surface area (Å²) in [7, 11) is -3.60. The fraction of sp³-hybridized carbons (Fsp3) is 0.222. The Balaban J connectivity index is 2.28. The summed E-state index contributed by atoms with van der Waals surface area (Å²) >= 11 is 0. The first-order valence-corrected chi connectivity index (χ1v) is 6.01. The Bertz CT molecular complexity index is 479. The Morgan fingerprint density at radius 2 is 1.93 bits per heavy atom. The smallest absolute Gasteiger partial charge is 0.238 e. The summed E-state index contributed by atoms with van der Waals surface area (Å²) in [4.78, 5) is 6.15. The number of nitrogens with zero attached hydrogens (tertiary/aromatic N) is 2. The molecule has 0 aliphatic carbocycles. The molecule has 0 fully saturated rings. The molecule has 1 aromatic carbocycles. The van der Waals surface area contributed by atoms with Crippen molar-refractivity contribution in [1.82, 2.24) is 0 Å². The van der Waals surface area contributed by atoms with E-state index in [0.29, 0.717) is 0 Å². The Kier molecular flexibility index (Phi) is 2.45. The summed E-state index contributed by atoms with van der Waals surface area (Å²) in [5.41, 5.74) is 0.920. The number of primary sulfonamides is 1. The second-order valence-electron chi connectivity index (χ2n) is 3.25. The van der Waals surface area contributed by atoms with Gasteiger partial charge in [-0.05, 0) is 24.3 Å². The molecule has 0 radical (unpaired) electrons. The molecule has 80 valence electrons. The Morgan fingerprint density at radius 3 is 2.40 bits per heavy atom. The van der Waals surface area contributed by atoms with Crippen molar-refractivity contribution < 1.29 is 8.42 Å². The lowest BCUT2D eigenvalue weighted by Gasteiger charge is -2.13. The van der Waals surface area contributed by atoms with Crippen molar-refractivity contribution in [2.45, 2.75) is 4.90 Å². The van der Waals surface area contributed by atoms with Gasteiger partial charge in [0.15, 0.2) is 0 Å². The van der Waals surface area contributed by atoms with Crippen LogP contribution >= 0.6 is 0 Å². The largest absolute Gasteiger partial charge is 0.331 e. The molecule has 0 saturated heterocycles. The minimum atomic E-state index is -3.60. The van der Waals surface area contributed by atoms with Gasteiger partial charge in [-0.25, -0.2) is 13.6 Å². The standard InChI is InChI=1S/C9H11N3O2S/c10-15(13,14)9-3-1-8(2-4-9)12-6-5-11-7-12/h1-4,7H,5-6H2,(H2,10,13,14). The molecule has 1 aromatic rings. The van der Waals surface area contributed by atoms with E-state index in [-0.39, 0.29) is 4.90 Å². The van der Waals surface area contributed by atoms with Gasteiger partial charge in [-0.2, -0.15) is 0 Å². The molecule has 1 aliphatic rings. The van der Waals surface area contributed by atoms with E-state index >= 15 is 0 Å². The van der Waals surface area contributed by atoms with Crippen LogP contribution in [-0.4, -0.2) is 27.8 Å². The fourth-order valence-corrected chi connectivity index (χ4v) is 1.92. The first kappa shape index (κ1) is 10.1. The second kappa shape index (κ2) is 3.63. The van der Waals surface area contributed by atoms with E-state index < -0.39 is 10.0 Å². The average molecular weight is 225 g/mol. The van der Waals surface area contributed by atoms with E-state index in [1.54, 1.807) is 18.5 Å². The van der Waals surface area contributed by atoms with Crippen molar-refractivity contribution in [2.24, 2.45) is 10.1 Å². The third kappa shape index (κ3) is 2.16. The molecule has 0 unspecified atom stereocenters. The predicted octanol–water partition coefficient (Wildman–Crippen LogP) is 0.182. The van der Waals surface area contributed by atoms with Crippen LogP contribution in [0, 0.1) is 0 Å². The number of sulfonamides is 1. The zero-order chi connectivity index (χ0) is 10.9. The molecule has 5 nitrogen and oxygen atoms in total. The van der Waals surface area contributed by atoms with Crippen LogP contribution in [0.3, 0.4) is 0 Å². The van der Waals surface area contributed by atoms with Crippen molar-refractivity contribution in [1.29, 1.82) is 0 Å². The van der Waals surface area contributed by atoms with Crippen LogP contribution < -0.4 is 10.0 Å². The summed E-state index contributed by atoms with van der Waals surface area (Å²) in [5, 5.41) is 4.99. The molecule has 1 aliphatic heterocycles. The van der Waals surface area contributed by atoms with Gasteiger partial charge < -0.3 is 4.90 Å². The van der Waals surface area contributed by atoms with E-state index in [4.69, 9.17) is 5.14 Å². The highest BCUT2D eigenvalue weighted by Crippen LogP contribution is 2.17. The summed E-state index contributed by atoms with van der Waals surface area (Å²) in [6.07, 6.45) is 1.74. The number of hydrogen-bond acceptors (Lipinski definition) is 4. The molecule has 0 bridgehead atoms. The van der Waals surface area contributed by atoms with E-state index in [0.717, 1.165) is 18.8 Å². The van der Waals surface area contributed by atoms with Gasteiger partial charge in [0.1, 0.15) is 0 Å². The van der Waals surface area contributed by atoms with Gasteiger partial charge in [-0.1, -0.05) is 0 Å². The highest BCUT2D eigenvalue weighted by Gasteiger charge is 2.10. The number of rotatable bonds is 2. The lowest BCUT2D eigenvalue weighted by molar-refractivity contribution is 0.598. The first-order valence-electron chi connectivity index (χ1n) is 4.47. The molecule has 2 rings (SSSR count). The molecule has 1 heterocycles. The van der Waals surface area contributed by atoms with Gasteiger partial charge in [0, 0.05) is 12.2 Å². The van der Waals surface area contributed by atoms with E-state index in [2.05, 4.69) is 4.99 Å². The molecular formula is C9H11N3O2S. The second-order valence-corrected chi connectivity index (χ2v) is 4.82. The Hall–Kier alpha value is -1.40. The highest BCUT2D eigenvalue weighted by molar-refractivity contribution is 7.89. The van der Waals surface area contributed by atoms with Crippen LogP contribution in [0.2, 0.25) is 0 Å². The Labute approximate surface area is 88.3 Å². The molecule has 15 heavy (non-hydrogen) atoms. The third-order valence-corrected chi connectivity index (χ3v) is 3.12. The summed E-state index contributed by atoms with van der Waals surface area (Å²) in [6, 6.07) is 6.43. The average Bonchev–Trinajstić information content (AvgIpc) is 2.69. The highest BCUT2D eigenvalue weighted by atomic mass is 32.2.